The molecule has 1 fully saturated rings. The van der Waals surface area contributed by atoms with E-state index in [2.05, 4.69) is 37.3 Å². The molecule has 2 aliphatic rings. The van der Waals surface area contributed by atoms with Crippen molar-refractivity contribution in [1.82, 2.24) is 0 Å². The van der Waals surface area contributed by atoms with Gasteiger partial charge in [-0.2, -0.15) is 0 Å². The van der Waals surface area contributed by atoms with Crippen LogP contribution in [0.25, 0.3) is 0 Å². The van der Waals surface area contributed by atoms with Crippen LogP contribution in [-0.4, -0.2) is 0 Å². The smallest absolute Gasteiger partial charge is 0.00878 e. The van der Waals surface area contributed by atoms with Crippen LogP contribution < -0.4 is 0 Å². The molecule has 2 bridgehead atoms. The summed E-state index contributed by atoms with van der Waals surface area (Å²) in [5.41, 5.74) is 4.79. The fourth-order valence-corrected chi connectivity index (χ4v) is 3.11. The van der Waals surface area contributed by atoms with Gasteiger partial charge in [-0.3, -0.25) is 0 Å². The van der Waals surface area contributed by atoms with Crippen LogP contribution in [0.4, 0.5) is 0 Å². The van der Waals surface area contributed by atoms with E-state index in [4.69, 9.17) is 0 Å². The average molecular weight is 184 g/mol. The van der Waals surface area contributed by atoms with Crippen molar-refractivity contribution in [1.29, 1.82) is 0 Å². The summed E-state index contributed by atoms with van der Waals surface area (Å²) < 4.78 is 0. The van der Waals surface area contributed by atoms with Crippen molar-refractivity contribution in [3.8, 4) is 0 Å². The van der Waals surface area contributed by atoms with Gasteiger partial charge in [-0.05, 0) is 49.1 Å². The zero-order valence-corrected chi connectivity index (χ0v) is 8.66. The van der Waals surface area contributed by atoms with Gasteiger partial charge in [-0.1, -0.05) is 35.9 Å². The minimum Gasteiger partial charge on any atom is -0.0850 e. The van der Waals surface area contributed by atoms with E-state index < -0.39 is 0 Å². The second kappa shape index (κ2) is 2.98. The summed E-state index contributed by atoms with van der Waals surface area (Å²) in [6, 6.07) is 8.89. The van der Waals surface area contributed by atoms with Crippen LogP contribution in [-0.2, 0) is 0 Å². The third-order valence-corrected chi connectivity index (χ3v) is 3.87. The molecule has 2 atom stereocenters. The summed E-state index contributed by atoms with van der Waals surface area (Å²) in [6.45, 7) is 2.25. The highest BCUT2D eigenvalue weighted by Gasteiger charge is 2.35. The molecule has 1 aromatic rings. The van der Waals surface area contributed by atoms with Crippen LogP contribution in [0.2, 0.25) is 0 Å². The predicted octanol–water partition coefficient (Wildman–Crippen LogP) is 3.82. The topological polar surface area (TPSA) is 0 Å². The lowest BCUT2D eigenvalue weighted by Gasteiger charge is -2.21. The number of rotatable bonds is 1. The molecule has 2 unspecified atom stereocenters. The van der Waals surface area contributed by atoms with Crippen LogP contribution in [0.1, 0.15) is 36.3 Å². The number of fused-ring (bicyclic) bond motifs is 2. The normalized spacial score (nSPS) is 29.4. The maximum atomic E-state index is 2.46. The first-order chi connectivity index (χ1) is 6.84. The average Bonchev–Trinajstić information content (AvgIpc) is 2.79. The van der Waals surface area contributed by atoms with Crippen molar-refractivity contribution >= 4 is 0 Å². The molecule has 0 nitrogen and oxygen atoms in total. The first-order valence-electron chi connectivity index (χ1n) is 5.58. The van der Waals surface area contributed by atoms with Gasteiger partial charge in [-0.15, -0.1) is 0 Å². The van der Waals surface area contributed by atoms with E-state index in [-0.39, 0.29) is 0 Å². The fraction of sp³-hybridized carbons (Fsp3) is 0.429. The van der Waals surface area contributed by atoms with Crippen molar-refractivity contribution < 1.29 is 0 Å². The van der Waals surface area contributed by atoms with Gasteiger partial charge in [0, 0.05) is 0 Å². The van der Waals surface area contributed by atoms with E-state index in [9.17, 15) is 0 Å². The first-order valence-corrected chi connectivity index (χ1v) is 5.58. The third kappa shape index (κ3) is 1.13. The van der Waals surface area contributed by atoms with Crippen LogP contribution in [0.15, 0.2) is 35.9 Å². The Morgan fingerprint density at radius 2 is 2.00 bits per heavy atom. The second-order valence-electron chi connectivity index (χ2n) is 4.73. The molecule has 0 saturated heterocycles. The lowest BCUT2D eigenvalue weighted by Crippen LogP contribution is -2.07. The molecule has 0 heterocycles. The van der Waals surface area contributed by atoms with Gasteiger partial charge >= 0.3 is 0 Å². The maximum absolute atomic E-state index is 2.46. The minimum absolute atomic E-state index is 0.830. The predicted molar refractivity (Wildman–Crippen MR) is 59.3 cm³/mol. The van der Waals surface area contributed by atoms with Gasteiger partial charge in [0.2, 0.25) is 0 Å². The summed E-state index contributed by atoms with van der Waals surface area (Å²) in [7, 11) is 0. The molecule has 0 aliphatic heterocycles. The van der Waals surface area contributed by atoms with E-state index in [0.29, 0.717) is 0 Å². The minimum atomic E-state index is 0.830. The number of allylic oxidation sites excluding steroid dienone is 2. The zero-order chi connectivity index (χ0) is 9.54. The Labute approximate surface area is 85.6 Å². The quantitative estimate of drug-likeness (QED) is 0.582. The summed E-state index contributed by atoms with van der Waals surface area (Å²) in [5, 5.41) is 0. The van der Waals surface area contributed by atoms with Gasteiger partial charge in [-0.25, -0.2) is 0 Å². The van der Waals surface area contributed by atoms with E-state index >= 15 is 0 Å². The van der Waals surface area contributed by atoms with Gasteiger partial charge in [0.1, 0.15) is 0 Å². The largest absolute Gasteiger partial charge is 0.0850 e. The van der Waals surface area contributed by atoms with Gasteiger partial charge in [0.05, 0.1) is 0 Å². The number of benzene rings is 1. The van der Waals surface area contributed by atoms with E-state index in [0.717, 1.165) is 11.8 Å². The molecule has 0 N–H and O–H groups in total. The lowest BCUT2D eigenvalue weighted by molar-refractivity contribution is 0.494. The van der Waals surface area contributed by atoms with Crippen molar-refractivity contribution in [3.05, 3.63) is 47.0 Å². The molecule has 1 aromatic carbocycles. The van der Waals surface area contributed by atoms with Crippen molar-refractivity contribution in [2.24, 2.45) is 5.92 Å². The van der Waals surface area contributed by atoms with Crippen LogP contribution in [0.5, 0.6) is 0 Å². The number of aryl methyl sites for hydroxylation is 1. The van der Waals surface area contributed by atoms with Gasteiger partial charge in [0.15, 0.2) is 0 Å². The lowest BCUT2D eigenvalue weighted by atomic mass is 9.84. The Balaban J connectivity index is 1.97. The summed E-state index contributed by atoms with van der Waals surface area (Å²) >= 11 is 0. The molecule has 3 rings (SSSR count). The Bertz CT molecular complexity index is 387. The Morgan fingerprint density at radius 3 is 2.64 bits per heavy atom. The Hall–Kier alpha value is -1.04. The molecule has 2 aliphatic carbocycles. The van der Waals surface area contributed by atoms with Crippen molar-refractivity contribution in [2.45, 2.75) is 32.1 Å². The highest BCUT2D eigenvalue weighted by atomic mass is 14.4. The van der Waals surface area contributed by atoms with Gasteiger partial charge in [0.25, 0.3) is 0 Å². The molecule has 1 saturated carbocycles. The van der Waals surface area contributed by atoms with Crippen LogP contribution >= 0.6 is 0 Å². The Kier molecular flexibility index (Phi) is 1.76. The summed E-state index contributed by atoms with van der Waals surface area (Å²) in [5.74, 6) is 1.75. The molecule has 0 spiro atoms. The highest BCUT2D eigenvalue weighted by molar-refractivity contribution is 5.35. The van der Waals surface area contributed by atoms with E-state index in [1.54, 1.807) is 11.1 Å². The number of hydrogen-bond acceptors (Lipinski definition) is 0. The molecule has 0 radical (unpaired) electrons. The molecule has 0 aromatic heterocycles. The molecule has 0 heteroatoms. The second-order valence-corrected chi connectivity index (χ2v) is 4.73. The summed E-state index contributed by atoms with van der Waals surface area (Å²) in [6.07, 6.45) is 6.49. The van der Waals surface area contributed by atoms with Crippen LogP contribution in [0, 0.1) is 12.8 Å². The molecule has 14 heavy (non-hydrogen) atoms. The molecule has 72 valence electrons. The van der Waals surface area contributed by atoms with Crippen molar-refractivity contribution in [2.75, 3.05) is 0 Å². The fourth-order valence-electron chi connectivity index (χ4n) is 3.11. The Morgan fingerprint density at radius 1 is 1.14 bits per heavy atom. The van der Waals surface area contributed by atoms with Crippen molar-refractivity contribution in [3.63, 3.8) is 0 Å². The molecular formula is C14H16. The van der Waals surface area contributed by atoms with Gasteiger partial charge < -0.3 is 0 Å². The van der Waals surface area contributed by atoms with Crippen LogP contribution in [0.3, 0.4) is 0 Å². The van der Waals surface area contributed by atoms with E-state index in [1.807, 2.05) is 0 Å². The molecule has 0 amide bonds. The molecular weight excluding hydrogens is 168 g/mol. The maximum Gasteiger partial charge on any atom is -0.00878 e. The number of hydrogen-bond donors (Lipinski definition) is 0. The monoisotopic (exact) mass is 184 g/mol. The third-order valence-electron chi connectivity index (χ3n) is 3.87. The van der Waals surface area contributed by atoms with E-state index in [1.165, 1.54) is 24.8 Å². The standard InChI is InChI=1S/C14H16/c1-10-4-2-3-5-13(10)14-9-11-6-7-12(14)8-11/h2-6,12,14H,7-9H2,1H3. The highest BCUT2D eigenvalue weighted by Crippen LogP contribution is 2.49. The SMILES string of the molecule is Cc1ccccc1C1CC2=CCC1C2. The zero-order valence-electron chi connectivity index (χ0n) is 8.66. The summed E-state index contributed by atoms with van der Waals surface area (Å²) in [4.78, 5) is 0. The first kappa shape index (κ1) is 8.28.